The molecule has 0 fully saturated rings. The first-order valence-corrected chi connectivity index (χ1v) is 4.48. The molecule has 0 aliphatic rings. The molecule has 0 saturated carbocycles. The van der Waals surface area contributed by atoms with Crippen molar-refractivity contribution >= 4 is 28.2 Å². The molecular weight excluding hydrogens is 200 g/mol. The van der Waals surface area contributed by atoms with E-state index in [2.05, 4.69) is 4.98 Å². The minimum absolute atomic E-state index is 0.490. The number of halogens is 1. The molecule has 14 heavy (non-hydrogen) atoms. The minimum atomic E-state index is 0.490. The molecule has 2 rings (SSSR count). The zero-order chi connectivity index (χ0) is 10.1. The number of benzene rings is 1. The van der Waals surface area contributed by atoms with Crippen LogP contribution in [0.4, 0.5) is 5.69 Å². The van der Waals surface area contributed by atoms with E-state index in [0.717, 1.165) is 16.7 Å². The van der Waals surface area contributed by atoms with Gasteiger partial charge in [-0.1, -0.05) is 11.6 Å². The number of nitrogens with zero attached hydrogens (tertiary/aromatic N) is 1. The van der Waals surface area contributed by atoms with Crippen LogP contribution < -0.4 is 10.5 Å². The highest BCUT2D eigenvalue weighted by molar-refractivity contribution is 6.37. The van der Waals surface area contributed by atoms with Crippen molar-refractivity contribution < 1.29 is 4.74 Å². The number of nitrogens with two attached hydrogens (primary N) is 1. The van der Waals surface area contributed by atoms with Crippen LogP contribution in [-0.2, 0) is 0 Å². The van der Waals surface area contributed by atoms with Gasteiger partial charge in [0.05, 0.1) is 29.5 Å². The number of aromatic nitrogens is 1. The number of pyridine rings is 1. The SMILES string of the molecule is COc1ccc2c(Cl)c(N)cnc2c1. The summed E-state index contributed by atoms with van der Waals surface area (Å²) in [5.41, 5.74) is 6.90. The van der Waals surface area contributed by atoms with E-state index in [4.69, 9.17) is 22.1 Å². The van der Waals surface area contributed by atoms with Gasteiger partial charge in [-0.2, -0.15) is 0 Å². The van der Waals surface area contributed by atoms with E-state index >= 15 is 0 Å². The lowest BCUT2D eigenvalue weighted by atomic mass is 10.2. The van der Waals surface area contributed by atoms with E-state index in [0.29, 0.717) is 10.7 Å². The first kappa shape index (κ1) is 9.09. The number of hydrogen-bond donors (Lipinski definition) is 1. The lowest BCUT2D eigenvalue weighted by Gasteiger charge is -2.04. The van der Waals surface area contributed by atoms with Gasteiger partial charge in [0.25, 0.3) is 0 Å². The molecule has 0 amide bonds. The maximum absolute atomic E-state index is 6.02. The molecule has 2 aromatic rings. The monoisotopic (exact) mass is 208 g/mol. The highest BCUT2D eigenvalue weighted by Crippen LogP contribution is 2.29. The van der Waals surface area contributed by atoms with E-state index in [1.165, 1.54) is 0 Å². The molecule has 0 bridgehead atoms. The zero-order valence-electron chi connectivity index (χ0n) is 7.62. The third-order valence-electron chi connectivity index (χ3n) is 2.04. The van der Waals surface area contributed by atoms with Gasteiger partial charge in [0.15, 0.2) is 0 Å². The normalized spacial score (nSPS) is 10.4. The Morgan fingerprint density at radius 1 is 1.43 bits per heavy atom. The quantitative estimate of drug-likeness (QED) is 0.783. The van der Waals surface area contributed by atoms with Crippen LogP contribution in [0.25, 0.3) is 10.9 Å². The van der Waals surface area contributed by atoms with Gasteiger partial charge in [-0.25, -0.2) is 0 Å². The highest BCUT2D eigenvalue weighted by atomic mass is 35.5. The molecule has 4 heteroatoms. The minimum Gasteiger partial charge on any atom is -0.497 e. The Morgan fingerprint density at radius 3 is 2.93 bits per heavy atom. The van der Waals surface area contributed by atoms with Gasteiger partial charge in [0, 0.05) is 11.5 Å². The maximum Gasteiger partial charge on any atom is 0.121 e. The second-order valence-electron chi connectivity index (χ2n) is 2.91. The smallest absolute Gasteiger partial charge is 0.121 e. The number of fused-ring (bicyclic) bond motifs is 1. The molecule has 72 valence electrons. The predicted octanol–water partition coefficient (Wildman–Crippen LogP) is 2.48. The summed E-state index contributed by atoms with van der Waals surface area (Å²) in [6, 6.07) is 5.50. The van der Waals surface area contributed by atoms with E-state index in [-0.39, 0.29) is 0 Å². The average molecular weight is 209 g/mol. The Balaban J connectivity index is 2.74. The van der Waals surface area contributed by atoms with Crippen LogP contribution in [0.5, 0.6) is 5.75 Å². The maximum atomic E-state index is 6.02. The van der Waals surface area contributed by atoms with Crippen molar-refractivity contribution in [3.8, 4) is 5.75 Å². The van der Waals surface area contributed by atoms with Crippen molar-refractivity contribution in [3.63, 3.8) is 0 Å². The summed E-state index contributed by atoms with van der Waals surface area (Å²) in [4.78, 5) is 4.16. The molecule has 0 radical (unpaired) electrons. The Bertz CT molecular complexity index is 485. The van der Waals surface area contributed by atoms with Gasteiger partial charge in [0.2, 0.25) is 0 Å². The molecule has 0 aliphatic carbocycles. The summed E-state index contributed by atoms with van der Waals surface area (Å²) in [5.74, 6) is 0.755. The van der Waals surface area contributed by atoms with E-state index in [9.17, 15) is 0 Å². The number of anilines is 1. The van der Waals surface area contributed by atoms with E-state index in [1.54, 1.807) is 13.3 Å². The Kier molecular flexibility index (Phi) is 2.17. The van der Waals surface area contributed by atoms with Crippen LogP contribution in [0.3, 0.4) is 0 Å². The van der Waals surface area contributed by atoms with Crippen LogP contribution in [-0.4, -0.2) is 12.1 Å². The van der Waals surface area contributed by atoms with Crippen molar-refractivity contribution in [2.75, 3.05) is 12.8 Å². The second-order valence-corrected chi connectivity index (χ2v) is 3.29. The van der Waals surface area contributed by atoms with Gasteiger partial charge in [-0.05, 0) is 12.1 Å². The third kappa shape index (κ3) is 1.36. The summed E-state index contributed by atoms with van der Waals surface area (Å²) < 4.78 is 5.08. The fourth-order valence-corrected chi connectivity index (χ4v) is 1.49. The second kappa shape index (κ2) is 3.35. The van der Waals surface area contributed by atoms with Gasteiger partial charge < -0.3 is 10.5 Å². The van der Waals surface area contributed by atoms with E-state index in [1.807, 2.05) is 18.2 Å². The van der Waals surface area contributed by atoms with Crippen molar-refractivity contribution in [3.05, 3.63) is 29.4 Å². The molecule has 2 N–H and O–H groups in total. The zero-order valence-corrected chi connectivity index (χ0v) is 8.38. The van der Waals surface area contributed by atoms with Gasteiger partial charge in [0.1, 0.15) is 5.75 Å². The fraction of sp³-hybridized carbons (Fsp3) is 0.100. The molecule has 0 aliphatic heterocycles. The molecule has 1 heterocycles. The number of rotatable bonds is 1. The molecule has 1 aromatic carbocycles. The van der Waals surface area contributed by atoms with E-state index < -0.39 is 0 Å². The molecule has 3 nitrogen and oxygen atoms in total. The molecule has 0 atom stereocenters. The Hall–Kier alpha value is -1.48. The van der Waals surface area contributed by atoms with Crippen LogP contribution in [0.2, 0.25) is 5.02 Å². The first-order valence-electron chi connectivity index (χ1n) is 4.10. The van der Waals surface area contributed by atoms with Crippen LogP contribution >= 0.6 is 11.6 Å². The summed E-state index contributed by atoms with van der Waals surface area (Å²) in [5, 5.41) is 1.38. The lowest BCUT2D eigenvalue weighted by molar-refractivity contribution is 0.415. The summed E-state index contributed by atoms with van der Waals surface area (Å²) in [7, 11) is 1.61. The third-order valence-corrected chi connectivity index (χ3v) is 2.46. The summed E-state index contributed by atoms with van der Waals surface area (Å²) >= 11 is 6.02. The molecule has 1 aromatic heterocycles. The number of methoxy groups -OCH3 is 1. The fourth-order valence-electron chi connectivity index (χ4n) is 1.28. The first-order chi connectivity index (χ1) is 6.72. The van der Waals surface area contributed by atoms with Crippen LogP contribution in [0.1, 0.15) is 0 Å². The van der Waals surface area contributed by atoms with Gasteiger partial charge in [-0.15, -0.1) is 0 Å². The Morgan fingerprint density at radius 2 is 2.21 bits per heavy atom. The average Bonchev–Trinajstić information content (AvgIpc) is 2.23. The highest BCUT2D eigenvalue weighted by Gasteiger charge is 2.04. The van der Waals surface area contributed by atoms with Gasteiger partial charge >= 0.3 is 0 Å². The van der Waals surface area contributed by atoms with Crippen molar-refractivity contribution in [1.82, 2.24) is 4.98 Å². The van der Waals surface area contributed by atoms with Crippen molar-refractivity contribution in [2.24, 2.45) is 0 Å². The largest absolute Gasteiger partial charge is 0.497 e. The van der Waals surface area contributed by atoms with Crippen LogP contribution in [0, 0.1) is 0 Å². The van der Waals surface area contributed by atoms with Crippen molar-refractivity contribution in [2.45, 2.75) is 0 Å². The van der Waals surface area contributed by atoms with Gasteiger partial charge in [-0.3, -0.25) is 4.98 Å². The van der Waals surface area contributed by atoms with Crippen LogP contribution in [0.15, 0.2) is 24.4 Å². The molecule has 0 unspecified atom stereocenters. The number of hydrogen-bond acceptors (Lipinski definition) is 3. The summed E-state index contributed by atoms with van der Waals surface area (Å²) in [6.45, 7) is 0. The molecular formula is C10H9ClN2O. The lowest BCUT2D eigenvalue weighted by Crippen LogP contribution is -1.90. The van der Waals surface area contributed by atoms with Crippen molar-refractivity contribution in [1.29, 1.82) is 0 Å². The topological polar surface area (TPSA) is 48.1 Å². The number of nitrogen functional groups attached to an aromatic ring is 1. The standard InChI is InChI=1S/C10H9ClN2O/c1-14-6-2-3-7-9(4-6)13-5-8(12)10(7)11/h2-5H,12H2,1H3. The predicted molar refractivity (Wildman–Crippen MR) is 57.7 cm³/mol. The Labute approximate surface area is 86.5 Å². The molecule has 0 spiro atoms. The summed E-state index contributed by atoms with van der Waals surface area (Å²) in [6.07, 6.45) is 1.55. The number of ether oxygens (including phenoxy) is 1. The molecule has 0 saturated heterocycles.